The minimum atomic E-state index is -0.234. The van der Waals surface area contributed by atoms with E-state index in [1.54, 1.807) is 31.2 Å². The van der Waals surface area contributed by atoms with E-state index in [2.05, 4.69) is 10.6 Å². The van der Waals surface area contributed by atoms with Gasteiger partial charge in [-0.05, 0) is 38.8 Å². The molecule has 2 amide bonds. The maximum absolute atomic E-state index is 11.9. The summed E-state index contributed by atoms with van der Waals surface area (Å²) >= 11 is 0. The maximum atomic E-state index is 11.9. The molecule has 0 aromatic heterocycles. The number of rotatable bonds is 8. The minimum Gasteiger partial charge on any atom is -0.396 e. The van der Waals surface area contributed by atoms with Gasteiger partial charge >= 0.3 is 0 Å². The fourth-order valence-corrected chi connectivity index (χ4v) is 2.03. The van der Waals surface area contributed by atoms with E-state index in [-0.39, 0.29) is 36.9 Å². The predicted molar refractivity (Wildman–Crippen MR) is 81.9 cm³/mol. The fraction of sp³-hybridized carbons (Fsp3) is 0.500. The van der Waals surface area contributed by atoms with Crippen molar-refractivity contribution in [2.75, 3.05) is 6.61 Å². The summed E-state index contributed by atoms with van der Waals surface area (Å²) in [6.07, 6.45) is 1.65. The molecule has 0 saturated heterocycles. The van der Waals surface area contributed by atoms with E-state index in [0.717, 1.165) is 6.42 Å². The van der Waals surface area contributed by atoms with Gasteiger partial charge in [-0.2, -0.15) is 0 Å². The normalized spacial score (nSPS) is 13.3. The zero-order valence-electron chi connectivity index (χ0n) is 12.6. The standard InChI is InChI=1S/C16H24N2O3/c1-12(7-6-10-19)17-15(20)11-13(2)18-16(21)14-8-4-3-5-9-14/h3-5,8-9,12-13,19H,6-7,10-11H2,1-2H3,(H,17,20)(H,18,21). The maximum Gasteiger partial charge on any atom is 0.251 e. The molecule has 116 valence electrons. The number of hydrogen-bond acceptors (Lipinski definition) is 3. The summed E-state index contributed by atoms with van der Waals surface area (Å²) in [5.74, 6) is -0.273. The predicted octanol–water partition coefficient (Wildman–Crippen LogP) is 1.47. The van der Waals surface area contributed by atoms with Crippen LogP contribution in [0, 0.1) is 0 Å². The van der Waals surface area contributed by atoms with Gasteiger partial charge in [0.15, 0.2) is 0 Å². The van der Waals surface area contributed by atoms with Gasteiger partial charge in [0, 0.05) is 30.7 Å². The van der Waals surface area contributed by atoms with E-state index >= 15 is 0 Å². The lowest BCUT2D eigenvalue weighted by atomic mass is 10.1. The van der Waals surface area contributed by atoms with Crippen LogP contribution in [0.3, 0.4) is 0 Å². The molecule has 2 atom stereocenters. The molecule has 0 radical (unpaired) electrons. The summed E-state index contributed by atoms with van der Waals surface area (Å²) in [5.41, 5.74) is 0.584. The summed E-state index contributed by atoms with van der Waals surface area (Å²) < 4.78 is 0. The molecule has 0 saturated carbocycles. The molecule has 2 unspecified atom stereocenters. The van der Waals surface area contributed by atoms with Crippen molar-refractivity contribution in [1.29, 1.82) is 0 Å². The van der Waals surface area contributed by atoms with Crippen molar-refractivity contribution in [3.63, 3.8) is 0 Å². The van der Waals surface area contributed by atoms with Crippen LogP contribution in [-0.4, -0.2) is 35.6 Å². The lowest BCUT2D eigenvalue weighted by molar-refractivity contribution is -0.122. The van der Waals surface area contributed by atoms with Crippen LogP contribution in [0.2, 0.25) is 0 Å². The fourth-order valence-electron chi connectivity index (χ4n) is 2.03. The van der Waals surface area contributed by atoms with Gasteiger partial charge in [0.25, 0.3) is 5.91 Å². The molecule has 0 aliphatic carbocycles. The van der Waals surface area contributed by atoms with Gasteiger partial charge in [-0.25, -0.2) is 0 Å². The second-order valence-electron chi connectivity index (χ2n) is 5.28. The third-order valence-electron chi connectivity index (χ3n) is 3.11. The summed E-state index contributed by atoms with van der Waals surface area (Å²) in [7, 11) is 0. The first-order chi connectivity index (χ1) is 10.0. The van der Waals surface area contributed by atoms with Gasteiger partial charge in [-0.15, -0.1) is 0 Å². The average Bonchev–Trinajstić information content (AvgIpc) is 2.45. The molecule has 0 spiro atoms. The molecule has 5 heteroatoms. The summed E-state index contributed by atoms with van der Waals surface area (Å²) in [6, 6.07) is 8.72. The van der Waals surface area contributed by atoms with Crippen molar-refractivity contribution in [3.8, 4) is 0 Å². The molecule has 0 aliphatic heterocycles. The van der Waals surface area contributed by atoms with Crippen LogP contribution < -0.4 is 10.6 Å². The highest BCUT2D eigenvalue weighted by Gasteiger charge is 2.14. The zero-order valence-corrected chi connectivity index (χ0v) is 12.6. The third kappa shape index (κ3) is 6.90. The van der Waals surface area contributed by atoms with Crippen LogP contribution in [-0.2, 0) is 4.79 Å². The first-order valence-electron chi connectivity index (χ1n) is 7.29. The molecule has 5 nitrogen and oxygen atoms in total. The molecule has 21 heavy (non-hydrogen) atoms. The highest BCUT2D eigenvalue weighted by atomic mass is 16.3. The van der Waals surface area contributed by atoms with Gasteiger partial charge in [0.05, 0.1) is 0 Å². The second kappa shape index (κ2) is 9.13. The molecule has 3 N–H and O–H groups in total. The third-order valence-corrected chi connectivity index (χ3v) is 3.11. The number of carbonyl (C=O) groups is 2. The molecule has 1 aromatic carbocycles. The van der Waals surface area contributed by atoms with E-state index in [1.807, 2.05) is 13.0 Å². The van der Waals surface area contributed by atoms with E-state index in [1.165, 1.54) is 0 Å². The second-order valence-corrected chi connectivity index (χ2v) is 5.28. The quantitative estimate of drug-likeness (QED) is 0.679. The Morgan fingerprint density at radius 1 is 1.10 bits per heavy atom. The summed E-state index contributed by atoms with van der Waals surface area (Å²) in [6.45, 7) is 3.84. The number of benzene rings is 1. The van der Waals surface area contributed by atoms with E-state index in [4.69, 9.17) is 5.11 Å². The molecule has 1 aromatic rings. The zero-order chi connectivity index (χ0) is 15.7. The Balaban J connectivity index is 2.34. The van der Waals surface area contributed by atoms with Crippen LogP contribution in [0.4, 0.5) is 0 Å². The number of hydrogen-bond donors (Lipinski definition) is 3. The van der Waals surface area contributed by atoms with Gasteiger partial charge in [-0.3, -0.25) is 9.59 Å². The van der Waals surface area contributed by atoms with Gasteiger partial charge < -0.3 is 15.7 Å². The molecular formula is C16H24N2O3. The topological polar surface area (TPSA) is 78.4 Å². The first kappa shape index (κ1) is 17.2. The first-order valence-corrected chi connectivity index (χ1v) is 7.29. The molecular weight excluding hydrogens is 268 g/mol. The Bertz CT molecular complexity index is 448. The van der Waals surface area contributed by atoms with Crippen molar-refractivity contribution in [2.24, 2.45) is 0 Å². The van der Waals surface area contributed by atoms with E-state index in [0.29, 0.717) is 12.0 Å². The molecule has 0 bridgehead atoms. The number of nitrogens with one attached hydrogen (secondary N) is 2. The highest BCUT2D eigenvalue weighted by Crippen LogP contribution is 2.01. The van der Waals surface area contributed by atoms with Gasteiger partial charge in [0.2, 0.25) is 5.91 Å². The van der Waals surface area contributed by atoms with Crippen molar-refractivity contribution in [1.82, 2.24) is 10.6 Å². The molecule has 0 aliphatic rings. The lowest BCUT2D eigenvalue weighted by Crippen LogP contribution is -2.39. The van der Waals surface area contributed by atoms with E-state index in [9.17, 15) is 9.59 Å². The van der Waals surface area contributed by atoms with Crippen LogP contribution in [0.5, 0.6) is 0 Å². The molecule has 1 rings (SSSR count). The van der Waals surface area contributed by atoms with Crippen molar-refractivity contribution < 1.29 is 14.7 Å². The Labute approximate surface area is 125 Å². The molecule has 0 fully saturated rings. The summed E-state index contributed by atoms with van der Waals surface area (Å²) in [5, 5.41) is 14.4. The van der Waals surface area contributed by atoms with Crippen LogP contribution in [0.1, 0.15) is 43.5 Å². The minimum absolute atomic E-state index is 0.0293. The number of aliphatic hydroxyl groups excluding tert-OH is 1. The Hall–Kier alpha value is -1.88. The average molecular weight is 292 g/mol. The summed E-state index contributed by atoms with van der Waals surface area (Å²) in [4.78, 5) is 23.7. The monoisotopic (exact) mass is 292 g/mol. The van der Waals surface area contributed by atoms with Crippen molar-refractivity contribution in [3.05, 3.63) is 35.9 Å². The Morgan fingerprint density at radius 2 is 1.76 bits per heavy atom. The van der Waals surface area contributed by atoms with Crippen LogP contribution in [0.15, 0.2) is 30.3 Å². The highest BCUT2D eigenvalue weighted by molar-refractivity contribution is 5.94. The van der Waals surface area contributed by atoms with Crippen LogP contribution in [0.25, 0.3) is 0 Å². The van der Waals surface area contributed by atoms with Crippen molar-refractivity contribution in [2.45, 2.75) is 45.2 Å². The Morgan fingerprint density at radius 3 is 2.38 bits per heavy atom. The Kier molecular flexibility index (Phi) is 7.46. The number of amides is 2. The van der Waals surface area contributed by atoms with Crippen molar-refractivity contribution >= 4 is 11.8 Å². The SMILES string of the molecule is CC(CCCO)NC(=O)CC(C)NC(=O)c1ccccc1. The molecule has 0 heterocycles. The largest absolute Gasteiger partial charge is 0.396 e. The number of aliphatic hydroxyl groups is 1. The smallest absolute Gasteiger partial charge is 0.251 e. The van der Waals surface area contributed by atoms with Gasteiger partial charge in [0.1, 0.15) is 0 Å². The van der Waals surface area contributed by atoms with E-state index < -0.39 is 0 Å². The lowest BCUT2D eigenvalue weighted by Gasteiger charge is -2.17. The number of carbonyl (C=O) groups excluding carboxylic acids is 2. The van der Waals surface area contributed by atoms with Gasteiger partial charge in [-0.1, -0.05) is 18.2 Å². The van der Waals surface area contributed by atoms with Crippen LogP contribution >= 0.6 is 0 Å².